The van der Waals surface area contributed by atoms with Crippen molar-refractivity contribution in [1.82, 2.24) is 0 Å². The third-order valence-corrected chi connectivity index (χ3v) is 4.39. The second-order valence-corrected chi connectivity index (χ2v) is 5.83. The number of ketones is 1. The van der Waals surface area contributed by atoms with Crippen molar-refractivity contribution in [2.75, 3.05) is 0 Å². The minimum atomic E-state index is -0.529. The molecule has 0 atom stereocenters. The van der Waals surface area contributed by atoms with Gasteiger partial charge in [0.25, 0.3) is 0 Å². The molecule has 4 heteroatoms. The number of rotatable bonds is 3. The van der Waals surface area contributed by atoms with Crippen molar-refractivity contribution in [3.05, 3.63) is 69.8 Å². The Labute approximate surface area is 124 Å². The highest BCUT2D eigenvalue weighted by Crippen LogP contribution is 2.27. The van der Waals surface area contributed by atoms with Crippen molar-refractivity contribution < 1.29 is 9.18 Å². The molecule has 2 aromatic carbocycles. The lowest BCUT2D eigenvalue weighted by atomic mass is 10.0. The molecule has 3 rings (SSSR count). The predicted octanol–water partition coefficient (Wildman–Crippen LogP) is 5.12. The van der Waals surface area contributed by atoms with E-state index in [1.165, 1.54) is 18.2 Å². The number of halogens is 2. The van der Waals surface area contributed by atoms with Gasteiger partial charge in [-0.15, -0.1) is 11.3 Å². The highest BCUT2D eigenvalue weighted by atomic mass is 35.5. The average molecular weight is 305 g/mol. The Kier molecular flexibility index (Phi) is 3.55. The Morgan fingerprint density at radius 1 is 1.20 bits per heavy atom. The number of hydrogen-bond acceptors (Lipinski definition) is 2. The number of fused-ring (bicyclic) bond motifs is 1. The summed E-state index contributed by atoms with van der Waals surface area (Å²) in [6, 6.07) is 11.9. The SMILES string of the molecule is O=C(Cc1csc2ccccc12)c1cc(Cl)ccc1F. The number of benzene rings is 2. The summed E-state index contributed by atoms with van der Waals surface area (Å²) in [6.45, 7) is 0. The Morgan fingerprint density at radius 3 is 2.85 bits per heavy atom. The Morgan fingerprint density at radius 2 is 2.00 bits per heavy atom. The summed E-state index contributed by atoms with van der Waals surface area (Å²) in [4.78, 5) is 12.2. The molecule has 0 N–H and O–H groups in total. The summed E-state index contributed by atoms with van der Waals surface area (Å²) in [5.74, 6) is -0.785. The summed E-state index contributed by atoms with van der Waals surface area (Å²) in [7, 11) is 0. The molecular formula is C16H10ClFOS. The maximum atomic E-state index is 13.7. The minimum absolute atomic E-state index is 0.0489. The van der Waals surface area contributed by atoms with Gasteiger partial charge in [-0.2, -0.15) is 0 Å². The van der Waals surface area contributed by atoms with E-state index < -0.39 is 5.82 Å². The molecule has 20 heavy (non-hydrogen) atoms. The van der Waals surface area contributed by atoms with E-state index in [2.05, 4.69) is 0 Å². The van der Waals surface area contributed by atoms with Crippen LogP contribution < -0.4 is 0 Å². The van der Waals surface area contributed by atoms with Crippen LogP contribution in [0, 0.1) is 5.82 Å². The Hall–Kier alpha value is -1.71. The fourth-order valence-electron chi connectivity index (χ4n) is 2.15. The van der Waals surface area contributed by atoms with E-state index in [1.54, 1.807) is 11.3 Å². The molecular weight excluding hydrogens is 295 g/mol. The minimum Gasteiger partial charge on any atom is -0.294 e. The van der Waals surface area contributed by atoms with Crippen molar-refractivity contribution in [3.8, 4) is 0 Å². The smallest absolute Gasteiger partial charge is 0.170 e. The third kappa shape index (κ3) is 2.47. The fourth-order valence-corrected chi connectivity index (χ4v) is 3.28. The number of carbonyl (C=O) groups is 1. The first-order valence-electron chi connectivity index (χ1n) is 6.08. The number of carbonyl (C=O) groups excluding carboxylic acids is 1. The number of thiophene rings is 1. The van der Waals surface area contributed by atoms with Gasteiger partial charge in [0, 0.05) is 16.1 Å². The van der Waals surface area contributed by atoms with Crippen LogP contribution in [0.2, 0.25) is 5.02 Å². The molecule has 0 unspecified atom stereocenters. The van der Waals surface area contributed by atoms with Crippen molar-refractivity contribution in [1.29, 1.82) is 0 Å². The van der Waals surface area contributed by atoms with E-state index >= 15 is 0 Å². The summed E-state index contributed by atoms with van der Waals surface area (Å²) in [5, 5.41) is 3.36. The molecule has 0 saturated heterocycles. The van der Waals surface area contributed by atoms with Gasteiger partial charge in [-0.05, 0) is 40.6 Å². The normalized spacial score (nSPS) is 10.9. The lowest BCUT2D eigenvalue weighted by Gasteiger charge is -2.03. The molecule has 3 aromatic rings. The van der Waals surface area contributed by atoms with Crippen molar-refractivity contribution in [2.45, 2.75) is 6.42 Å². The van der Waals surface area contributed by atoms with E-state index in [4.69, 9.17) is 11.6 Å². The van der Waals surface area contributed by atoms with E-state index in [1.807, 2.05) is 29.6 Å². The first-order valence-corrected chi connectivity index (χ1v) is 7.34. The van der Waals surface area contributed by atoms with Crippen molar-refractivity contribution in [3.63, 3.8) is 0 Å². The van der Waals surface area contributed by atoms with Gasteiger partial charge in [-0.25, -0.2) is 4.39 Å². The first kappa shape index (κ1) is 13.3. The van der Waals surface area contributed by atoms with Crippen LogP contribution in [0.4, 0.5) is 4.39 Å². The molecule has 0 fully saturated rings. The van der Waals surface area contributed by atoms with E-state index in [0.717, 1.165) is 15.6 Å². The summed E-state index contributed by atoms with van der Waals surface area (Å²) in [5.41, 5.74) is 0.975. The molecule has 1 aromatic heterocycles. The summed E-state index contributed by atoms with van der Waals surface area (Å²) >= 11 is 7.41. The number of hydrogen-bond donors (Lipinski definition) is 0. The zero-order valence-electron chi connectivity index (χ0n) is 10.4. The highest BCUT2D eigenvalue weighted by Gasteiger charge is 2.15. The average Bonchev–Trinajstić information content (AvgIpc) is 2.85. The van der Waals surface area contributed by atoms with Crippen molar-refractivity contribution >= 4 is 38.8 Å². The lowest BCUT2D eigenvalue weighted by Crippen LogP contribution is -2.05. The lowest BCUT2D eigenvalue weighted by molar-refractivity contribution is 0.0989. The molecule has 0 bridgehead atoms. The van der Waals surface area contributed by atoms with Gasteiger partial charge in [-0.3, -0.25) is 4.79 Å². The van der Waals surface area contributed by atoms with Crippen molar-refractivity contribution in [2.24, 2.45) is 0 Å². The van der Waals surface area contributed by atoms with E-state index in [-0.39, 0.29) is 17.8 Å². The molecule has 100 valence electrons. The zero-order chi connectivity index (χ0) is 14.1. The first-order chi connectivity index (χ1) is 9.65. The van der Waals surface area contributed by atoms with E-state index in [9.17, 15) is 9.18 Å². The van der Waals surface area contributed by atoms with Gasteiger partial charge >= 0.3 is 0 Å². The van der Waals surface area contributed by atoms with Crippen LogP contribution in [-0.2, 0) is 6.42 Å². The molecule has 0 spiro atoms. The fraction of sp³-hybridized carbons (Fsp3) is 0.0625. The zero-order valence-corrected chi connectivity index (χ0v) is 12.0. The quantitative estimate of drug-likeness (QED) is 0.614. The van der Waals surface area contributed by atoms with Crippen LogP contribution in [0.25, 0.3) is 10.1 Å². The van der Waals surface area contributed by atoms with Crippen LogP contribution in [0.1, 0.15) is 15.9 Å². The summed E-state index contributed by atoms with van der Waals surface area (Å²) in [6.07, 6.45) is 0.182. The standard InChI is InChI=1S/C16H10ClFOS/c17-11-5-6-14(18)13(8-11)15(19)7-10-9-20-16-4-2-1-3-12(10)16/h1-6,8-9H,7H2. The van der Waals surface area contributed by atoms with Crippen LogP contribution >= 0.6 is 22.9 Å². The molecule has 1 nitrogen and oxygen atoms in total. The number of Topliss-reactive ketones (excluding diaryl/α,β-unsaturated/α-hetero) is 1. The van der Waals surface area contributed by atoms with Gasteiger partial charge in [0.1, 0.15) is 5.82 Å². The van der Waals surface area contributed by atoms with Gasteiger partial charge in [0.15, 0.2) is 5.78 Å². The molecule has 1 heterocycles. The van der Waals surface area contributed by atoms with E-state index in [0.29, 0.717) is 5.02 Å². The summed E-state index contributed by atoms with van der Waals surface area (Å²) < 4.78 is 14.8. The molecule has 0 saturated carbocycles. The molecule has 0 aliphatic rings. The molecule has 0 aliphatic heterocycles. The molecule has 0 radical (unpaired) electrons. The van der Waals surface area contributed by atoms with Gasteiger partial charge in [0.2, 0.25) is 0 Å². The topological polar surface area (TPSA) is 17.1 Å². The monoisotopic (exact) mass is 304 g/mol. The molecule has 0 aliphatic carbocycles. The van der Waals surface area contributed by atoms with Crippen LogP contribution in [0.5, 0.6) is 0 Å². The largest absolute Gasteiger partial charge is 0.294 e. The maximum absolute atomic E-state index is 13.7. The van der Waals surface area contributed by atoms with Crippen LogP contribution in [0.3, 0.4) is 0 Å². The second-order valence-electron chi connectivity index (χ2n) is 4.48. The maximum Gasteiger partial charge on any atom is 0.170 e. The highest BCUT2D eigenvalue weighted by molar-refractivity contribution is 7.17. The van der Waals surface area contributed by atoms with Crippen LogP contribution in [0.15, 0.2) is 47.8 Å². The molecule has 0 amide bonds. The van der Waals surface area contributed by atoms with Crippen LogP contribution in [-0.4, -0.2) is 5.78 Å². The van der Waals surface area contributed by atoms with Gasteiger partial charge in [0.05, 0.1) is 5.56 Å². The Bertz CT molecular complexity index is 794. The Balaban J connectivity index is 1.94. The second kappa shape index (κ2) is 5.35. The van der Waals surface area contributed by atoms with Gasteiger partial charge in [-0.1, -0.05) is 29.8 Å². The van der Waals surface area contributed by atoms with Gasteiger partial charge < -0.3 is 0 Å². The predicted molar refractivity (Wildman–Crippen MR) is 81.3 cm³/mol. The third-order valence-electron chi connectivity index (χ3n) is 3.14.